The Balaban J connectivity index is 1.97. The minimum Gasteiger partial charge on any atom is -0.508 e. The summed E-state index contributed by atoms with van der Waals surface area (Å²) >= 11 is 0. The third-order valence-electron chi connectivity index (χ3n) is 5.15. The maximum Gasteiger partial charge on any atom is 0.262 e. The van der Waals surface area contributed by atoms with Crippen molar-refractivity contribution >= 4 is 23.6 Å². The van der Waals surface area contributed by atoms with Crippen LogP contribution in [0.25, 0.3) is 0 Å². The van der Waals surface area contributed by atoms with E-state index in [1.54, 1.807) is 31.2 Å². The maximum atomic E-state index is 12.8. The molecule has 4 amide bonds. The molecule has 36 heavy (non-hydrogen) atoms. The van der Waals surface area contributed by atoms with E-state index in [0.29, 0.717) is 0 Å². The highest BCUT2D eigenvalue weighted by molar-refractivity contribution is 5.94. The van der Waals surface area contributed by atoms with E-state index in [-0.39, 0.29) is 31.7 Å². The lowest BCUT2D eigenvalue weighted by Crippen LogP contribution is -2.56. The summed E-state index contributed by atoms with van der Waals surface area (Å²) in [6.45, 7) is 3.12. The zero-order valence-electron chi connectivity index (χ0n) is 20.3. The Morgan fingerprint density at radius 3 is 2.17 bits per heavy atom. The summed E-state index contributed by atoms with van der Waals surface area (Å²) in [5.41, 5.74) is 9.69. The van der Waals surface area contributed by atoms with Crippen molar-refractivity contribution in [1.82, 2.24) is 21.4 Å². The van der Waals surface area contributed by atoms with Crippen molar-refractivity contribution in [2.45, 2.75) is 44.8 Å². The number of phenolic OH excluding ortho intramolecular Hbond substituents is 1. The Hall–Kier alpha value is -3.96. The molecular weight excluding hydrogens is 466 g/mol. The van der Waals surface area contributed by atoms with Gasteiger partial charge in [-0.2, -0.15) is 0 Å². The largest absolute Gasteiger partial charge is 0.508 e. The SMILES string of the molecule is CCONC(=O)CNC(=O)[C@H](Cc1ccccc1)NC(=O)[C@@H](C)NC(=O)[C@@H](N)Cc1ccc(O)cc1. The average molecular weight is 500 g/mol. The van der Waals surface area contributed by atoms with Gasteiger partial charge in [-0.1, -0.05) is 42.5 Å². The quantitative estimate of drug-likeness (QED) is 0.205. The number of nitrogens with one attached hydrogen (secondary N) is 4. The molecule has 0 fully saturated rings. The maximum absolute atomic E-state index is 12.8. The number of phenols is 1. The molecule has 0 radical (unpaired) electrons. The fourth-order valence-electron chi connectivity index (χ4n) is 3.20. The second kappa shape index (κ2) is 14.4. The highest BCUT2D eigenvalue weighted by Gasteiger charge is 2.26. The minimum absolute atomic E-state index is 0.103. The topological polar surface area (TPSA) is 172 Å². The number of hydroxylamine groups is 1. The van der Waals surface area contributed by atoms with Gasteiger partial charge in [-0.3, -0.25) is 24.0 Å². The van der Waals surface area contributed by atoms with E-state index in [2.05, 4.69) is 21.4 Å². The third kappa shape index (κ3) is 9.72. The molecule has 0 unspecified atom stereocenters. The van der Waals surface area contributed by atoms with Gasteiger partial charge in [0.05, 0.1) is 19.2 Å². The molecule has 194 valence electrons. The van der Waals surface area contributed by atoms with E-state index in [4.69, 9.17) is 10.6 Å². The van der Waals surface area contributed by atoms with Gasteiger partial charge in [-0.05, 0) is 43.5 Å². The summed E-state index contributed by atoms with van der Waals surface area (Å²) < 4.78 is 0. The summed E-state index contributed by atoms with van der Waals surface area (Å²) in [5, 5.41) is 17.0. The minimum atomic E-state index is -0.996. The van der Waals surface area contributed by atoms with Crippen LogP contribution in [0.15, 0.2) is 54.6 Å². The van der Waals surface area contributed by atoms with Gasteiger partial charge in [0.2, 0.25) is 17.7 Å². The van der Waals surface area contributed by atoms with E-state index in [0.717, 1.165) is 11.1 Å². The zero-order chi connectivity index (χ0) is 26.5. The molecule has 0 saturated heterocycles. The summed E-state index contributed by atoms with van der Waals surface area (Å²) in [6, 6.07) is 12.5. The van der Waals surface area contributed by atoms with Crippen LogP contribution in [-0.4, -0.2) is 60.0 Å². The van der Waals surface area contributed by atoms with Gasteiger partial charge in [0, 0.05) is 6.42 Å². The van der Waals surface area contributed by atoms with Crippen molar-refractivity contribution in [1.29, 1.82) is 0 Å². The highest BCUT2D eigenvalue weighted by Crippen LogP contribution is 2.11. The fraction of sp³-hybridized carbons (Fsp3) is 0.360. The fourth-order valence-corrected chi connectivity index (χ4v) is 3.20. The van der Waals surface area contributed by atoms with Crippen LogP contribution in [0.5, 0.6) is 5.75 Å². The lowest BCUT2D eigenvalue weighted by Gasteiger charge is -2.22. The Morgan fingerprint density at radius 2 is 1.53 bits per heavy atom. The summed E-state index contributed by atoms with van der Waals surface area (Å²) in [6.07, 6.45) is 0.385. The predicted molar refractivity (Wildman–Crippen MR) is 132 cm³/mol. The van der Waals surface area contributed by atoms with Crippen LogP contribution in [-0.2, 0) is 36.9 Å². The van der Waals surface area contributed by atoms with E-state index in [1.165, 1.54) is 19.1 Å². The number of aromatic hydroxyl groups is 1. The van der Waals surface area contributed by atoms with Gasteiger partial charge in [0.25, 0.3) is 5.91 Å². The molecule has 0 saturated carbocycles. The van der Waals surface area contributed by atoms with Crippen LogP contribution in [0.1, 0.15) is 25.0 Å². The monoisotopic (exact) mass is 499 g/mol. The first kappa shape index (κ1) is 28.3. The molecule has 0 heterocycles. The van der Waals surface area contributed by atoms with Crippen molar-refractivity contribution < 1.29 is 29.1 Å². The Morgan fingerprint density at radius 1 is 0.889 bits per heavy atom. The normalized spacial score (nSPS) is 13.1. The molecular formula is C25H33N5O6. The zero-order valence-corrected chi connectivity index (χ0v) is 20.3. The molecule has 11 nitrogen and oxygen atoms in total. The van der Waals surface area contributed by atoms with Gasteiger partial charge in [0.1, 0.15) is 17.8 Å². The number of rotatable bonds is 13. The summed E-state index contributed by atoms with van der Waals surface area (Å²) in [5.74, 6) is -2.14. The molecule has 2 aromatic rings. The van der Waals surface area contributed by atoms with E-state index in [1.807, 2.05) is 18.2 Å². The molecule has 2 rings (SSSR count). The highest BCUT2D eigenvalue weighted by atomic mass is 16.6. The van der Waals surface area contributed by atoms with Gasteiger partial charge in [0.15, 0.2) is 0 Å². The number of nitrogens with two attached hydrogens (primary N) is 1. The summed E-state index contributed by atoms with van der Waals surface area (Å²) in [7, 11) is 0. The Labute approximate surface area is 209 Å². The van der Waals surface area contributed by atoms with Gasteiger partial charge >= 0.3 is 0 Å². The van der Waals surface area contributed by atoms with E-state index >= 15 is 0 Å². The second-order valence-corrected chi connectivity index (χ2v) is 8.13. The van der Waals surface area contributed by atoms with Gasteiger partial charge < -0.3 is 26.8 Å². The molecule has 0 aliphatic heterocycles. The number of carbonyl (C=O) groups excluding carboxylic acids is 4. The molecule has 0 bridgehead atoms. The number of hydrogen-bond acceptors (Lipinski definition) is 7. The van der Waals surface area contributed by atoms with Crippen molar-refractivity contribution in [3.05, 3.63) is 65.7 Å². The van der Waals surface area contributed by atoms with Crippen molar-refractivity contribution in [2.24, 2.45) is 5.73 Å². The lowest BCUT2D eigenvalue weighted by atomic mass is 10.0. The second-order valence-electron chi connectivity index (χ2n) is 8.13. The molecule has 0 aromatic heterocycles. The number of carbonyl (C=O) groups is 4. The lowest BCUT2D eigenvalue weighted by molar-refractivity contribution is -0.135. The Kier molecular flexibility index (Phi) is 11.3. The molecule has 0 spiro atoms. The third-order valence-corrected chi connectivity index (χ3v) is 5.15. The van der Waals surface area contributed by atoms with Crippen LogP contribution in [0.3, 0.4) is 0 Å². The molecule has 0 aliphatic carbocycles. The van der Waals surface area contributed by atoms with Gasteiger partial charge in [-0.15, -0.1) is 0 Å². The molecule has 7 N–H and O–H groups in total. The van der Waals surface area contributed by atoms with Crippen LogP contribution in [0, 0.1) is 0 Å². The van der Waals surface area contributed by atoms with Crippen LogP contribution in [0.2, 0.25) is 0 Å². The first-order valence-corrected chi connectivity index (χ1v) is 11.6. The standard InChI is InChI=1S/C25H33N5O6/c1-3-36-30-22(32)15-27-25(35)21(14-17-7-5-4-6-8-17)29-23(33)16(2)28-24(34)20(26)13-18-9-11-19(31)12-10-18/h4-12,16,20-21,31H,3,13-15,26H2,1-2H3,(H,27,35)(H,28,34)(H,29,33)(H,30,32)/t16-,20+,21+/m1/s1. The van der Waals surface area contributed by atoms with Crippen molar-refractivity contribution in [3.63, 3.8) is 0 Å². The first-order valence-electron chi connectivity index (χ1n) is 11.6. The number of hydrogen-bond donors (Lipinski definition) is 6. The van der Waals surface area contributed by atoms with Crippen molar-refractivity contribution in [2.75, 3.05) is 13.2 Å². The van der Waals surface area contributed by atoms with Crippen molar-refractivity contribution in [3.8, 4) is 5.75 Å². The van der Waals surface area contributed by atoms with Gasteiger partial charge in [-0.25, -0.2) is 5.48 Å². The summed E-state index contributed by atoms with van der Waals surface area (Å²) in [4.78, 5) is 54.6. The average Bonchev–Trinajstić information content (AvgIpc) is 2.87. The molecule has 2 aromatic carbocycles. The van der Waals surface area contributed by atoms with Crippen LogP contribution < -0.4 is 27.2 Å². The van der Waals surface area contributed by atoms with Crippen LogP contribution >= 0.6 is 0 Å². The number of benzene rings is 2. The predicted octanol–water partition coefficient (Wildman–Crippen LogP) is -0.322. The molecule has 0 aliphatic rings. The van der Waals surface area contributed by atoms with E-state index in [9.17, 15) is 24.3 Å². The van der Waals surface area contributed by atoms with E-state index < -0.39 is 41.8 Å². The Bertz CT molecular complexity index is 1020. The first-order chi connectivity index (χ1) is 17.2. The van der Waals surface area contributed by atoms with Crippen LogP contribution in [0.4, 0.5) is 0 Å². The number of amides is 4. The smallest absolute Gasteiger partial charge is 0.262 e. The molecule has 3 atom stereocenters. The molecule has 11 heteroatoms.